The lowest BCUT2D eigenvalue weighted by Gasteiger charge is -2.31. The molecule has 2 rings (SSSR count). The number of furan rings is 1. The molecule has 0 radical (unpaired) electrons. The van der Waals surface area contributed by atoms with Crippen molar-refractivity contribution in [3.63, 3.8) is 0 Å². The van der Waals surface area contributed by atoms with Crippen LogP contribution in [-0.4, -0.2) is 36.5 Å². The van der Waals surface area contributed by atoms with Gasteiger partial charge in [-0.25, -0.2) is 0 Å². The molecule has 0 saturated carbocycles. The number of hydrogen-bond donors (Lipinski definition) is 1. The largest absolute Gasteiger partial charge is 0.457 e. The second kappa shape index (κ2) is 4.37. The standard InChI is InChI=1S/C10H13BrN2O2/c1-7-5-13(3-2-12-7)10(14)8-4-9(11)15-6-8/h4,6-7,12H,2-3,5H2,1H3. The van der Waals surface area contributed by atoms with Crippen LogP contribution in [0, 0.1) is 0 Å². The van der Waals surface area contributed by atoms with E-state index in [1.54, 1.807) is 6.07 Å². The molecule has 1 unspecified atom stereocenters. The van der Waals surface area contributed by atoms with Gasteiger partial charge < -0.3 is 14.6 Å². The third-order valence-electron chi connectivity index (χ3n) is 2.47. The van der Waals surface area contributed by atoms with Crippen LogP contribution in [0.4, 0.5) is 0 Å². The minimum Gasteiger partial charge on any atom is -0.457 e. The Bertz CT molecular complexity index is 364. The summed E-state index contributed by atoms with van der Waals surface area (Å²) in [4.78, 5) is 13.8. The molecule has 0 aliphatic carbocycles. The number of rotatable bonds is 1. The molecule has 82 valence electrons. The summed E-state index contributed by atoms with van der Waals surface area (Å²) >= 11 is 3.19. The van der Waals surface area contributed by atoms with E-state index in [4.69, 9.17) is 4.42 Å². The zero-order chi connectivity index (χ0) is 10.8. The average molecular weight is 273 g/mol. The maximum Gasteiger partial charge on any atom is 0.257 e. The molecule has 2 heterocycles. The summed E-state index contributed by atoms with van der Waals surface area (Å²) in [6.45, 7) is 4.43. The van der Waals surface area contributed by atoms with Crippen molar-refractivity contribution in [1.82, 2.24) is 10.2 Å². The molecular formula is C10H13BrN2O2. The minimum atomic E-state index is 0.0396. The number of nitrogens with one attached hydrogen (secondary N) is 1. The van der Waals surface area contributed by atoms with Crippen LogP contribution in [0.25, 0.3) is 0 Å². The minimum absolute atomic E-state index is 0.0396. The van der Waals surface area contributed by atoms with E-state index in [0.29, 0.717) is 16.3 Å². The molecule has 1 saturated heterocycles. The van der Waals surface area contributed by atoms with Gasteiger partial charge in [0.1, 0.15) is 6.26 Å². The molecular weight excluding hydrogens is 260 g/mol. The number of amides is 1. The van der Waals surface area contributed by atoms with E-state index in [1.165, 1.54) is 6.26 Å². The Kier molecular flexibility index (Phi) is 3.11. The molecule has 0 aromatic carbocycles. The van der Waals surface area contributed by atoms with Gasteiger partial charge in [-0.3, -0.25) is 4.79 Å². The quantitative estimate of drug-likeness (QED) is 0.843. The van der Waals surface area contributed by atoms with Gasteiger partial charge in [-0.2, -0.15) is 0 Å². The lowest BCUT2D eigenvalue weighted by Crippen LogP contribution is -2.51. The molecule has 1 aromatic heterocycles. The van der Waals surface area contributed by atoms with E-state index < -0.39 is 0 Å². The van der Waals surface area contributed by atoms with Crippen LogP contribution in [-0.2, 0) is 0 Å². The monoisotopic (exact) mass is 272 g/mol. The molecule has 0 bridgehead atoms. The van der Waals surface area contributed by atoms with Crippen LogP contribution in [0.3, 0.4) is 0 Å². The summed E-state index contributed by atoms with van der Waals surface area (Å²) in [5, 5.41) is 3.30. The SMILES string of the molecule is CC1CN(C(=O)c2coc(Br)c2)CCN1. The Morgan fingerprint density at radius 1 is 1.73 bits per heavy atom. The average Bonchev–Trinajstić information content (AvgIpc) is 2.64. The maximum absolute atomic E-state index is 12.0. The number of halogens is 1. The highest BCUT2D eigenvalue weighted by Crippen LogP contribution is 2.16. The van der Waals surface area contributed by atoms with Gasteiger partial charge in [-0.1, -0.05) is 0 Å². The summed E-state index contributed by atoms with van der Waals surface area (Å²) in [7, 11) is 0. The van der Waals surface area contributed by atoms with Gasteiger partial charge in [0, 0.05) is 31.7 Å². The summed E-state index contributed by atoms with van der Waals surface area (Å²) in [6.07, 6.45) is 1.49. The summed E-state index contributed by atoms with van der Waals surface area (Å²) < 4.78 is 5.65. The van der Waals surface area contributed by atoms with Crippen molar-refractivity contribution in [2.75, 3.05) is 19.6 Å². The zero-order valence-electron chi connectivity index (χ0n) is 8.50. The molecule has 5 heteroatoms. The normalized spacial score (nSPS) is 21.7. The lowest BCUT2D eigenvalue weighted by molar-refractivity contribution is 0.0708. The highest BCUT2D eigenvalue weighted by Gasteiger charge is 2.22. The van der Waals surface area contributed by atoms with Crippen molar-refractivity contribution in [3.05, 3.63) is 22.6 Å². The van der Waals surface area contributed by atoms with E-state index in [1.807, 2.05) is 4.90 Å². The van der Waals surface area contributed by atoms with Gasteiger partial charge >= 0.3 is 0 Å². The van der Waals surface area contributed by atoms with Crippen LogP contribution in [0.2, 0.25) is 0 Å². The van der Waals surface area contributed by atoms with Crippen LogP contribution >= 0.6 is 15.9 Å². The number of carbonyl (C=O) groups is 1. The lowest BCUT2D eigenvalue weighted by atomic mass is 10.2. The van der Waals surface area contributed by atoms with Crippen LogP contribution in [0.5, 0.6) is 0 Å². The molecule has 1 fully saturated rings. The van der Waals surface area contributed by atoms with E-state index in [9.17, 15) is 4.79 Å². The summed E-state index contributed by atoms with van der Waals surface area (Å²) in [5.74, 6) is 0.0396. The Morgan fingerprint density at radius 3 is 3.13 bits per heavy atom. The predicted molar refractivity (Wildman–Crippen MR) is 59.8 cm³/mol. The van der Waals surface area contributed by atoms with Crippen LogP contribution in [0.15, 0.2) is 21.4 Å². The van der Waals surface area contributed by atoms with Gasteiger partial charge in [0.15, 0.2) is 4.67 Å². The van der Waals surface area contributed by atoms with Crippen molar-refractivity contribution in [3.8, 4) is 0 Å². The second-order valence-corrected chi connectivity index (χ2v) is 4.53. The van der Waals surface area contributed by atoms with Crippen molar-refractivity contribution in [2.45, 2.75) is 13.0 Å². The Morgan fingerprint density at radius 2 is 2.53 bits per heavy atom. The molecule has 1 aliphatic heterocycles. The first kappa shape index (κ1) is 10.7. The molecule has 4 nitrogen and oxygen atoms in total. The Labute approximate surface area is 96.7 Å². The van der Waals surface area contributed by atoms with Gasteiger partial charge in [0.05, 0.1) is 5.56 Å². The second-order valence-electron chi connectivity index (χ2n) is 3.75. The van der Waals surface area contributed by atoms with Gasteiger partial charge in [0.2, 0.25) is 0 Å². The first-order valence-corrected chi connectivity index (χ1v) is 5.73. The molecule has 1 N–H and O–H groups in total. The number of piperazine rings is 1. The van der Waals surface area contributed by atoms with Crippen molar-refractivity contribution in [2.24, 2.45) is 0 Å². The molecule has 0 spiro atoms. The van der Waals surface area contributed by atoms with Gasteiger partial charge in [-0.05, 0) is 22.9 Å². The third-order valence-corrected chi connectivity index (χ3v) is 2.89. The molecule has 1 aromatic rings. The fourth-order valence-corrected chi connectivity index (χ4v) is 2.06. The smallest absolute Gasteiger partial charge is 0.257 e. The van der Waals surface area contributed by atoms with E-state index >= 15 is 0 Å². The fourth-order valence-electron chi connectivity index (χ4n) is 1.72. The van der Waals surface area contributed by atoms with Crippen molar-refractivity contribution >= 4 is 21.8 Å². The molecule has 1 amide bonds. The van der Waals surface area contributed by atoms with E-state index in [0.717, 1.165) is 19.6 Å². The van der Waals surface area contributed by atoms with Gasteiger partial charge in [-0.15, -0.1) is 0 Å². The molecule has 1 aliphatic rings. The van der Waals surface area contributed by atoms with Crippen LogP contribution in [0.1, 0.15) is 17.3 Å². The predicted octanol–water partition coefficient (Wildman–Crippen LogP) is 1.48. The first-order chi connectivity index (χ1) is 7.16. The number of carbonyl (C=O) groups excluding carboxylic acids is 1. The van der Waals surface area contributed by atoms with Crippen molar-refractivity contribution in [1.29, 1.82) is 0 Å². The fraction of sp³-hybridized carbons (Fsp3) is 0.500. The van der Waals surface area contributed by atoms with Crippen LogP contribution < -0.4 is 5.32 Å². The number of nitrogens with zero attached hydrogens (tertiary/aromatic N) is 1. The molecule has 1 atom stereocenters. The molecule has 15 heavy (non-hydrogen) atoms. The van der Waals surface area contributed by atoms with Crippen molar-refractivity contribution < 1.29 is 9.21 Å². The zero-order valence-corrected chi connectivity index (χ0v) is 10.1. The maximum atomic E-state index is 12.0. The number of hydrogen-bond acceptors (Lipinski definition) is 3. The van der Waals surface area contributed by atoms with Gasteiger partial charge in [0.25, 0.3) is 5.91 Å². The third kappa shape index (κ3) is 2.41. The summed E-state index contributed by atoms with van der Waals surface area (Å²) in [5.41, 5.74) is 0.607. The first-order valence-electron chi connectivity index (χ1n) is 4.93. The Hall–Kier alpha value is -0.810. The topological polar surface area (TPSA) is 45.5 Å². The summed E-state index contributed by atoms with van der Waals surface area (Å²) in [6, 6.07) is 2.06. The van der Waals surface area contributed by atoms with E-state index in [-0.39, 0.29) is 5.91 Å². The Balaban J connectivity index is 2.07. The highest BCUT2D eigenvalue weighted by atomic mass is 79.9. The highest BCUT2D eigenvalue weighted by molar-refractivity contribution is 9.10. The van der Waals surface area contributed by atoms with E-state index in [2.05, 4.69) is 28.2 Å².